The summed E-state index contributed by atoms with van der Waals surface area (Å²) in [5.41, 5.74) is 2.00. The Kier molecular flexibility index (Phi) is 3.97. The van der Waals surface area contributed by atoms with Crippen molar-refractivity contribution < 1.29 is 4.79 Å². The molecule has 3 heterocycles. The van der Waals surface area contributed by atoms with Crippen molar-refractivity contribution in [2.75, 3.05) is 6.54 Å². The lowest BCUT2D eigenvalue weighted by Crippen LogP contribution is -2.26. The van der Waals surface area contributed by atoms with E-state index in [0.29, 0.717) is 29.2 Å². The molecule has 0 aliphatic carbocycles. The average molecular weight is 314 g/mol. The molecule has 3 aromatic heterocycles. The molecule has 0 fully saturated rings. The van der Waals surface area contributed by atoms with Crippen molar-refractivity contribution in [2.45, 2.75) is 13.3 Å². The zero-order chi connectivity index (χ0) is 15.5. The number of carbonyl (C=O) groups excluding carboxylic acids is 1. The number of hydrogen-bond acceptors (Lipinski definition) is 5. The van der Waals surface area contributed by atoms with Gasteiger partial charge >= 0.3 is 0 Å². The van der Waals surface area contributed by atoms with Gasteiger partial charge in [0.15, 0.2) is 4.96 Å². The van der Waals surface area contributed by atoms with Gasteiger partial charge in [-0.1, -0.05) is 0 Å². The first-order chi connectivity index (χ1) is 10.6. The van der Waals surface area contributed by atoms with Crippen LogP contribution in [-0.4, -0.2) is 26.8 Å². The molecule has 7 heteroatoms. The molecule has 1 amide bonds. The zero-order valence-corrected chi connectivity index (χ0v) is 12.8. The number of pyridine rings is 1. The molecule has 3 rings (SSSR count). The highest BCUT2D eigenvalue weighted by Gasteiger charge is 2.09. The first kappa shape index (κ1) is 14.4. The maximum Gasteiger partial charge on any atom is 0.258 e. The highest BCUT2D eigenvalue weighted by molar-refractivity contribution is 7.15. The van der Waals surface area contributed by atoms with Crippen LogP contribution in [0.1, 0.15) is 21.7 Å². The quantitative estimate of drug-likeness (QED) is 0.790. The molecule has 0 atom stereocenters. The molecule has 112 valence electrons. The minimum atomic E-state index is -0.172. The summed E-state index contributed by atoms with van der Waals surface area (Å²) in [6.45, 7) is 2.24. The molecule has 0 saturated heterocycles. The lowest BCUT2D eigenvalue weighted by Gasteiger charge is -2.05. The lowest BCUT2D eigenvalue weighted by molar-refractivity contribution is 0.0953. The van der Waals surface area contributed by atoms with Crippen LogP contribution >= 0.6 is 11.3 Å². The van der Waals surface area contributed by atoms with Crippen molar-refractivity contribution in [3.05, 3.63) is 63.3 Å². The van der Waals surface area contributed by atoms with E-state index in [0.717, 1.165) is 5.69 Å². The number of aryl methyl sites for hydroxylation is 1. The van der Waals surface area contributed by atoms with Crippen LogP contribution in [0.25, 0.3) is 4.96 Å². The topological polar surface area (TPSA) is 76.4 Å². The van der Waals surface area contributed by atoms with Crippen LogP contribution in [-0.2, 0) is 6.42 Å². The Balaban J connectivity index is 1.70. The maximum absolute atomic E-state index is 12.0. The minimum Gasteiger partial charge on any atom is -0.352 e. The van der Waals surface area contributed by atoms with Gasteiger partial charge in [-0.05, 0) is 19.1 Å². The summed E-state index contributed by atoms with van der Waals surface area (Å²) in [4.78, 5) is 32.9. The van der Waals surface area contributed by atoms with Gasteiger partial charge in [0.1, 0.15) is 0 Å². The van der Waals surface area contributed by atoms with Gasteiger partial charge in [0.25, 0.3) is 11.5 Å². The number of hydrogen-bond donors (Lipinski definition) is 1. The standard InChI is InChI=1S/C15H14N4O2S/c1-10-7-13(20)19-12(9-22-15(19)18-10)4-6-17-14(21)11-3-2-5-16-8-11/h2-3,5,7-9H,4,6H2,1H3,(H,17,21). The van der Waals surface area contributed by atoms with Gasteiger partial charge in [-0.25, -0.2) is 4.98 Å². The van der Waals surface area contributed by atoms with Crippen LogP contribution < -0.4 is 10.9 Å². The summed E-state index contributed by atoms with van der Waals surface area (Å²) >= 11 is 1.43. The molecule has 3 aromatic rings. The molecular weight excluding hydrogens is 300 g/mol. The Morgan fingerprint density at radius 1 is 1.45 bits per heavy atom. The predicted octanol–water partition coefficient (Wildman–Crippen LogP) is 1.43. The first-order valence-electron chi connectivity index (χ1n) is 6.80. The van der Waals surface area contributed by atoms with Gasteiger partial charge in [-0.3, -0.25) is 19.0 Å². The van der Waals surface area contributed by atoms with Crippen LogP contribution in [0.15, 0.2) is 40.8 Å². The summed E-state index contributed by atoms with van der Waals surface area (Å²) in [6, 6.07) is 4.94. The van der Waals surface area contributed by atoms with E-state index in [9.17, 15) is 9.59 Å². The normalized spacial score (nSPS) is 10.8. The number of rotatable bonds is 4. The number of nitrogens with zero attached hydrogens (tertiary/aromatic N) is 3. The third-order valence-electron chi connectivity index (χ3n) is 3.19. The Hall–Kier alpha value is -2.54. The van der Waals surface area contributed by atoms with Crippen molar-refractivity contribution in [1.29, 1.82) is 0 Å². The minimum absolute atomic E-state index is 0.0858. The SMILES string of the molecule is Cc1cc(=O)n2c(CCNC(=O)c3cccnc3)csc2n1. The van der Waals surface area contributed by atoms with Gasteiger partial charge in [0.05, 0.1) is 5.56 Å². The van der Waals surface area contributed by atoms with Crippen LogP contribution in [0, 0.1) is 6.92 Å². The van der Waals surface area contributed by atoms with E-state index >= 15 is 0 Å². The number of carbonyl (C=O) groups is 1. The summed E-state index contributed by atoms with van der Waals surface area (Å²) < 4.78 is 1.59. The largest absolute Gasteiger partial charge is 0.352 e. The molecular formula is C15H14N4O2S. The fourth-order valence-corrected chi connectivity index (χ4v) is 3.14. The second kappa shape index (κ2) is 6.07. The van der Waals surface area contributed by atoms with Crippen LogP contribution in [0.4, 0.5) is 0 Å². The molecule has 0 spiro atoms. The summed E-state index contributed by atoms with van der Waals surface area (Å²) in [5.74, 6) is -0.172. The highest BCUT2D eigenvalue weighted by atomic mass is 32.1. The second-order valence-electron chi connectivity index (χ2n) is 4.83. The van der Waals surface area contributed by atoms with E-state index in [4.69, 9.17) is 0 Å². The third kappa shape index (κ3) is 2.89. The Bertz CT molecular complexity index is 870. The van der Waals surface area contributed by atoms with E-state index in [1.807, 2.05) is 5.38 Å². The first-order valence-corrected chi connectivity index (χ1v) is 7.68. The monoisotopic (exact) mass is 314 g/mol. The number of fused-ring (bicyclic) bond motifs is 1. The van der Waals surface area contributed by atoms with Gasteiger partial charge in [-0.15, -0.1) is 11.3 Å². The van der Waals surface area contributed by atoms with Crippen LogP contribution in [0.2, 0.25) is 0 Å². The number of aromatic nitrogens is 3. The number of amides is 1. The Labute approximate surface area is 130 Å². The molecule has 6 nitrogen and oxygen atoms in total. The molecule has 22 heavy (non-hydrogen) atoms. The van der Waals surface area contributed by atoms with E-state index in [1.165, 1.54) is 23.6 Å². The third-order valence-corrected chi connectivity index (χ3v) is 4.07. The lowest BCUT2D eigenvalue weighted by atomic mass is 10.2. The fourth-order valence-electron chi connectivity index (χ4n) is 2.16. The maximum atomic E-state index is 12.0. The smallest absolute Gasteiger partial charge is 0.258 e. The molecule has 1 N–H and O–H groups in total. The van der Waals surface area contributed by atoms with E-state index in [2.05, 4.69) is 15.3 Å². The number of nitrogens with one attached hydrogen (secondary N) is 1. The fraction of sp³-hybridized carbons (Fsp3) is 0.200. The van der Waals surface area contributed by atoms with Crippen molar-refractivity contribution in [3.63, 3.8) is 0 Å². The van der Waals surface area contributed by atoms with E-state index < -0.39 is 0 Å². The van der Waals surface area contributed by atoms with Gasteiger partial charge in [0.2, 0.25) is 0 Å². The van der Waals surface area contributed by atoms with Gasteiger partial charge in [0, 0.05) is 48.2 Å². The van der Waals surface area contributed by atoms with E-state index in [-0.39, 0.29) is 11.5 Å². The highest BCUT2D eigenvalue weighted by Crippen LogP contribution is 2.12. The molecule has 0 unspecified atom stereocenters. The molecule has 0 aromatic carbocycles. The molecule has 0 radical (unpaired) electrons. The summed E-state index contributed by atoms with van der Waals surface area (Å²) in [7, 11) is 0. The van der Waals surface area contributed by atoms with Crippen molar-refractivity contribution in [3.8, 4) is 0 Å². The average Bonchev–Trinajstić information content (AvgIpc) is 2.91. The van der Waals surface area contributed by atoms with Gasteiger partial charge < -0.3 is 5.32 Å². The predicted molar refractivity (Wildman–Crippen MR) is 84.4 cm³/mol. The van der Waals surface area contributed by atoms with Crippen LogP contribution in [0.5, 0.6) is 0 Å². The molecule has 0 aliphatic heterocycles. The Morgan fingerprint density at radius 2 is 2.32 bits per heavy atom. The van der Waals surface area contributed by atoms with Crippen molar-refractivity contribution in [1.82, 2.24) is 19.7 Å². The summed E-state index contributed by atoms with van der Waals surface area (Å²) in [6.07, 6.45) is 3.71. The Morgan fingerprint density at radius 3 is 3.09 bits per heavy atom. The molecule has 0 saturated carbocycles. The van der Waals surface area contributed by atoms with Crippen molar-refractivity contribution >= 4 is 22.2 Å². The van der Waals surface area contributed by atoms with Crippen LogP contribution in [0.3, 0.4) is 0 Å². The zero-order valence-electron chi connectivity index (χ0n) is 11.9. The molecule has 0 aliphatic rings. The van der Waals surface area contributed by atoms with Crippen molar-refractivity contribution in [2.24, 2.45) is 0 Å². The number of thiazole rings is 1. The summed E-state index contributed by atoms with van der Waals surface area (Å²) in [5, 5.41) is 4.72. The van der Waals surface area contributed by atoms with Gasteiger partial charge in [-0.2, -0.15) is 0 Å². The van der Waals surface area contributed by atoms with E-state index in [1.54, 1.807) is 29.7 Å². The second-order valence-corrected chi connectivity index (χ2v) is 5.66. The molecule has 0 bridgehead atoms.